The lowest BCUT2D eigenvalue weighted by atomic mass is 10.0. The standard InChI is InChI=1S/C14H17BrFN3/c1-3-19-7-6-18-14(19)9-13(17-2)10-4-5-12(16)11(15)8-10/h4-8,13,17H,3,9H2,1-2H3. The van der Waals surface area contributed by atoms with E-state index in [9.17, 15) is 4.39 Å². The molecule has 2 rings (SSSR count). The Kier molecular flexibility index (Phi) is 4.71. The second kappa shape index (κ2) is 6.30. The van der Waals surface area contributed by atoms with E-state index in [-0.39, 0.29) is 11.9 Å². The van der Waals surface area contributed by atoms with Crippen LogP contribution in [0.1, 0.15) is 24.4 Å². The van der Waals surface area contributed by atoms with Gasteiger partial charge in [0.25, 0.3) is 0 Å². The average molecular weight is 326 g/mol. The van der Waals surface area contributed by atoms with Crippen molar-refractivity contribution in [2.45, 2.75) is 25.9 Å². The number of hydrogen-bond donors (Lipinski definition) is 1. The molecular formula is C14H17BrFN3. The van der Waals surface area contributed by atoms with Crippen LogP contribution in [0.2, 0.25) is 0 Å². The Balaban J connectivity index is 2.22. The van der Waals surface area contributed by atoms with E-state index in [1.807, 2.05) is 25.5 Å². The fourth-order valence-corrected chi connectivity index (χ4v) is 2.51. The molecule has 3 nitrogen and oxygen atoms in total. The van der Waals surface area contributed by atoms with Gasteiger partial charge in [0, 0.05) is 31.4 Å². The molecule has 0 bridgehead atoms. The third kappa shape index (κ3) is 3.22. The summed E-state index contributed by atoms with van der Waals surface area (Å²) in [5, 5.41) is 3.26. The SMILES string of the molecule is CCn1ccnc1CC(NC)c1ccc(F)c(Br)c1. The lowest BCUT2D eigenvalue weighted by molar-refractivity contribution is 0.550. The predicted octanol–water partition coefficient (Wildman–Crippen LogP) is 3.31. The Hall–Kier alpha value is -1.20. The van der Waals surface area contributed by atoms with Crippen molar-refractivity contribution in [1.82, 2.24) is 14.9 Å². The molecule has 1 aromatic heterocycles. The second-order valence-corrected chi connectivity index (χ2v) is 5.20. The number of halogens is 2. The maximum atomic E-state index is 13.3. The molecule has 1 unspecified atom stereocenters. The molecule has 1 heterocycles. The molecule has 1 aromatic carbocycles. The van der Waals surface area contributed by atoms with Crippen molar-refractivity contribution in [2.75, 3.05) is 7.05 Å². The highest BCUT2D eigenvalue weighted by atomic mass is 79.9. The predicted molar refractivity (Wildman–Crippen MR) is 77.5 cm³/mol. The zero-order valence-electron chi connectivity index (χ0n) is 11.0. The van der Waals surface area contributed by atoms with Crippen molar-refractivity contribution in [3.63, 3.8) is 0 Å². The number of nitrogens with zero attached hydrogens (tertiary/aromatic N) is 2. The van der Waals surface area contributed by atoms with Gasteiger partial charge in [0.15, 0.2) is 0 Å². The van der Waals surface area contributed by atoms with Gasteiger partial charge in [-0.15, -0.1) is 0 Å². The van der Waals surface area contributed by atoms with Crippen LogP contribution in [0.15, 0.2) is 35.1 Å². The van der Waals surface area contributed by atoms with E-state index in [1.165, 1.54) is 6.07 Å². The highest BCUT2D eigenvalue weighted by molar-refractivity contribution is 9.10. The van der Waals surface area contributed by atoms with Gasteiger partial charge in [-0.25, -0.2) is 9.37 Å². The van der Waals surface area contributed by atoms with Gasteiger partial charge in [0.05, 0.1) is 4.47 Å². The molecule has 0 aliphatic heterocycles. The molecule has 0 aliphatic rings. The summed E-state index contributed by atoms with van der Waals surface area (Å²) in [7, 11) is 1.90. The summed E-state index contributed by atoms with van der Waals surface area (Å²) < 4.78 is 15.9. The van der Waals surface area contributed by atoms with Gasteiger partial charge in [-0.2, -0.15) is 0 Å². The van der Waals surface area contributed by atoms with Crippen LogP contribution < -0.4 is 5.32 Å². The molecule has 102 valence electrons. The van der Waals surface area contributed by atoms with Crippen LogP contribution in [0.25, 0.3) is 0 Å². The smallest absolute Gasteiger partial charge is 0.137 e. The van der Waals surface area contributed by atoms with Gasteiger partial charge in [-0.3, -0.25) is 0 Å². The molecule has 2 aromatic rings. The van der Waals surface area contributed by atoms with Crippen molar-refractivity contribution in [3.05, 3.63) is 52.3 Å². The first-order valence-corrected chi connectivity index (χ1v) is 7.07. The number of aryl methyl sites for hydroxylation is 1. The third-order valence-electron chi connectivity index (χ3n) is 3.22. The van der Waals surface area contributed by atoms with E-state index >= 15 is 0 Å². The maximum Gasteiger partial charge on any atom is 0.137 e. The van der Waals surface area contributed by atoms with Crippen molar-refractivity contribution in [1.29, 1.82) is 0 Å². The summed E-state index contributed by atoms with van der Waals surface area (Å²) in [5.74, 6) is 0.788. The Labute approximate surface area is 121 Å². The average Bonchev–Trinajstić information content (AvgIpc) is 2.86. The number of imidazole rings is 1. The van der Waals surface area contributed by atoms with Crippen molar-refractivity contribution >= 4 is 15.9 Å². The molecule has 19 heavy (non-hydrogen) atoms. The van der Waals surface area contributed by atoms with Gasteiger partial charge in [0.1, 0.15) is 11.6 Å². The van der Waals surface area contributed by atoms with Crippen LogP contribution in [-0.4, -0.2) is 16.6 Å². The highest BCUT2D eigenvalue weighted by Crippen LogP contribution is 2.23. The second-order valence-electron chi connectivity index (χ2n) is 4.35. The Morgan fingerprint density at radius 1 is 1.47 bits per heavy atom. The molecule has 0 radical (unpaired) electrons. The molecule has 0 fully saturated rings. The minimum Gasteiger partial charge on any atom is -0.335 e. The van der Waals surface area contributed by atoms with Gasteiger partial charge < -0.3 is 9.88 Å². The first kappa shape index (κ1) is 14.2. The Morgan fingerprint density at radius 3 is 2.89 bits per heavy atom. The minimum absolute atomic E-state index is 0.115. The molecule has 0 spiro atoms. The lowest BCUT2D eigenvalue weighted by Gasteiger charge is -2.17. The largest absolute Gasteiger partial charge is 0.335 e. The Bertz CT molecular complexity index is 553. The van der Waals surface area contributed by atoms with Gasteiger partial charge in [-0.1, -0.05) is 6.07 Å². The van der Waals surface area contributed by atoms with Crippen LogP contribution in [0.3, 0.4) is 0 Å². The molecule has 1 atom stereocenters. The number of nitrogens with one attached hydrogen (secondary N) is 1. The van der Waals surface area contributed by atoms with E-state index in [0.717, 1.165) is 24.4 Å². The number of likely N-dealkylation sites (N-methyl/N-ethyl adjacent to an activating group) is 1. The monoisotopic (exact) mass is 325 g/mol. The van der Waals surface area contributed by atoms with Crippen LogP contribution in [0, 0.1) is 5.82 Å². The number of hydrogen-bond acceptors (Lipinski definition) is 2. The summed E-state index contributed by atoms with van der Waals surface area (Å²) in [6.45, 7) is 2.99. The molecule has 1 N–H and O–H groups in total. The van der Waals surface area contributed by atoms with Crippen molar-refractivity contribution in [3.8, 4) is 0 Å². The topological polar surface area (TPSA) is 29.9 Å². The summed E-state index contributed by atoms with van der Waals surface area (Å²) in [4.78, 5) is 4.38. The number of benzene rings is 1. The van der Waals surface area contributed by atoms with Gasteiger partial charge in [0.2, 0.25) is 0 Å². The molecule has 0 saturated carbocycles. The minimum atomic E-state index is -0.242. The maximum absolute atomic E-state index is 13.3. The quantitative estimate of drug-likeness (QED) is 0.914. The van der Waals surface area contributed by atoms with Crippen molar-refractivity contribution in [2.24, 2.45) is 0 Å². The first-order valence-electron chi connectivity index (χ1n) is 6.28. The summed E-state index contributed by atoms with van der Waals surface area (Å²) >= 11 is 3.23. The molecular weight excluding hydrogens is 309 g/mol. The van der Waals surface area contributed by atoms with E-state index in [1.54, 1.807) is 6.07 Å². The van der Waals surface area contributed by atoms with Crippen molar-refractivity contribution < 1.29 is 4.39 Å². The van der Waals surface area contributed by atoms with Crippen LogP contribution >= 0.6 is 15.9 Å². The van der Waals surface area contributed by atoms with Gasteiger partial charge >= 0.3 is 0 Å². The zero-order valence-corrected chi connectivity index (χ0v) is 12.6. The van der Waals surface area contributed by atoms with Gasteiger partial charge in [-0.05, 0) is 47.6 Å². The van der Waals surface area contributed by atoms with Crippen LogP contribution in [0.4, 0.5) is 4.39 Å². The molecule has 0 aliphatic carbocycles. The van der Waals surface area contributed by atoms with Crippen LogP contribution in [-0.2, 0) is 13.0 Å². The normalized spacial score (nSPS) is 12.6. The molecule has 0 saturated heterocycles. The highest BCUT2D eigenvalue weighted by Gasteiger charge is 2.14. The fourth-order valence-electron chi connectivity index (χ4n) is 2.12. The van der Waals surface area contributed by atoms with Crippen LogP contribution in [0.5, 0.6) is 0 Å². The van der Waals surface area contributed by atoms with E-state index in [2.05, 4.69) is 37.7 Å². The summed E-state index contributed by atoms with van der Waals surface area (Å²) in [6, 6.07) is 5.22. The van der Waals surface area contributed by atoms with E-state index in [0.29, 0.717) is 4.47 Å². The van der Waals surface area contributed by atoms with E-state index in [4.69, 9.17) is 0 Å². The molecule has 5 heteroatoms. The first-order chi connectivity index (χ1) is 9.15. The Morgan fingerprint density at radius 2 is 2.26 bits per heavy atom. The lowest BCUT2D eigenvalue weighted by Crippen LogP contribution is -2.20. The number of rotatable bonds is 5. The third-order valence-corrected chi connectivity index (χ3v) is 3.83. The van der Waals surface area contributed by atoms with E-state index < -0.39 is 0 Å². The summed E-state index contributed by atoms with van der Waals surface area (Å²) in [5.41, 5.74) is 1.04. The fraction of sp³-hybridized carbons (Fsp3) is 0.357. The number of aromatic nitrogens is 2. The zero-order chi connectivity index (χ0) is 13.8. The molecule has 0 amide bonds. The summed E-state index contributed by atoms with van der Waals surface area (Å²) in [6.07, 6.45) is 4.56.